The van der Waals surface area contributed by atoms with Crippen molar-refractivity contribution in [2.24, 2.45) is 16.7 Å². The summed E-state index contributed by atoms with van der Waals surface area (Å²) in [6, 6.07) is 16.9. The van der Waals surface area contributed by atoms with E-state index in [1.807, 2.05) is 60.8 Å². The number of benzene rings is 2. The van der Waals surface area contributed by atoms with Gasteiger partial charge in [0, 0.05) is 55.0 Å². The molecule has 3 aromatic rings. The highest BCUT2D eigenvalue weighted by atomic mass is 16.6. The maximum absolute atomic E-state index is 14.7. The first-order valence-electron chi connectivity index (χ1n) is 16.7. The molecule has 5 atom stereocenters. The first-order chi connectivity index (χ1) is 22.3. The molecule has 5 unspecified atom stereocenters. The van der Waals surface area contributed by atoms with Gasteiger partial charge in [0.15, 0.2) is 0 Å². The molecule has 3 N–H and O–H groups in total. The van der Waals surface area contributed by atoms with Crippen molar-refractivity contribution < 1.29 is 29.0 Å². The van der Waals surface area contributed by atoms with Crippen LogP contribution in [0.3, 0.4) is 0 Å². The molecule has 2 bridgehead atoms. The minimum Gasteiger partial charge on any atom is -0.481 e. The van der Waals surface area contributed by atoms with Crippen molar-refractivity contribution in [1.82, 2.24) is 20.1 Å². The monoisotopic (exact) mass is 642 g/mol. The molecule has 2 heterocycles. The molecule has 2 aromatic carbocycles. The lowest BCUT2D eigenvalue weighted by molar-refractivity contribution is -0.148. The van der Waals surface area contributed by atoms with Crippen molar-refractivity contribution in [3.05, 3.63) is 71.9 Å². The first-order valence-corrected chi connectivity index (χ1v) is 16.7. The van der Waals surface area contributed by atoms with E-state index >= 15 is 0 Å². The third-order valence-corrected chi connectivity index (χ3v) is 11.8. The second-order valence-corrected chi connectivity index (χ2v) is 14.7. The summed E-state index contributed by atoms with van der Waals surface area (Å²) in [6.45, 7) is 9.21. The van der Waals surface area contributed by atoms with Gasteiger partial charge in [-0.25, -0.2) is 4.79 Å². The smallest absolute Gasteiger partial charge is 0.408 e. The van der Waals surface area contributed by atoms with E-state index in [1.54, 1.807) is 16.7 Å². The highest BCUT2D eigenvalue weighted by Crippen LogP contribution is 2.66. The minimum absolute atomic E-state index is 0.0646. The highest BCUT2D eigenvalue weighted by Gasteiger charge is 2.63. The molecule has 3 fully saturated rings. The Bertz CT molecular complexity index is 1670. The molecule has 0 spiro atoms. The zero-order chi connectivity index (χ0) is 33.6. The van der Waals surface area contributed by atoms with Gasteiger partial charge in [0.1, 0.15) is 11.6 Å². The Morgan fingerprint density at radius 1 is 1.02 bits per heavy atom. The molecule has 2 saturated carbocycles. The summed E-state index contributed by atoms with van der Waals surface area (Å²) in [5.41, 5.74) is 1.27. The number of carbonyl (C=O) groups is 4. The molecule has 10 nitrogen and oxygen atoms in total. The standard InChI is InChI=1S/C37H46N4O6/c1-35(2)26-16-17-36(35,3)30(20-26)47-34(46)39-37(4,21-25-22-38-28-13-9-8-12-27(25)28)33(45)40-18-19-41(31(42)14-15-32(43)44)29(23-40)24-10-6-5-7-11-24/h5-13,22,26,29-30,38H,14-21,23H2,1-4H3,(H,39,46)(H,43,44). The normalized spacial score (nSPS) is 26.2. The molecular formula is C37H46N4O6. The van der Waals surface area contributed by atoms with E-state index in [0.717, 1.165) is 41.3 Å². The van der Waals surface area contributed by atoms with E-state index < -0.39 is 23.6 Å². The van der Waals surface area contributed by atoms with E-state index in [4.69, 9.17) is 4.74 Å². The number of hydrogen-bond donors (Lipinski definition) is 3. The number of carboxylic acid groups (broad SMARTS) is 1. The topological polar surface area (TPSA) is 132 Å². The number of H-pyrrole nitrogens is 1. The fourth-order valence-electron chi connectivity index (χ4n) is 8.46. The molecule has 1 saturated heterocycles. The predicted octanol–water partition coefficient (Wildman–Crippen LogP) is 5.69. The maximum Gasteiger partial charge on any atom is 0.408 e. The van der Waals surface area contributed by atoms with Crippen LogP contribution < -0.4 is 5.32 Å². The molecule has 6 rings (SSSR count). The SMILES string of the molecule is CC(Cc1c[nH]c2ccccc12)(NC(=O)OC1CC2CCC1(C)C2(C)C)C(=O)N1CCN(C(=O)CCC(=O)O)C(c2ccccc2)C1. The van der Waals surface area contributed by atoms with E-state index in [0.29, 0.717) is 5.92 Å². The van der Waals surface area contributed by atoms with Crippen LogP contribution in [0.15, 0.2) is 60.8 Å². The zero-order valence-corrected chi connectivity index (χ0v) is 27.8. The van der Waals surface area contributed by atoms with Crippen LogP contribution >= 0.6 is 0 Å². The Morgan fingerprint density at radius 3 is 2.43 bits per heavy atom. The van der Waals surface area contributed by atoms with Gasteiger partial charge in [-0.05, 0) is 54.7 Å². The van der Waals surface area contributed by atoms with Crippen molar-refractivity contribution in [2.75, 3.05) is 19.6 Å². The number of nitrogens with one attached hydrogen (secondary N) is 2. The fourth-order valence-corrected chi connectivity index (χ4v) is 8.46. The number of para-hydroxylation sites is 1. The van der Waals surface area contributed by atoms with Crippen molar-refractivity contribution >= 4 is 34.8 Å². The number of aliphatic carboxylic acids is 1. The van der Waals surface area contributed by atoms with Crippen LogP contribution in [0.2, 0.25) is 0 Å². The number of alkyl carbamates (subject to hydrolysis) is 1. The van der Waals surface area contributed by atoms with Crippen LogP contribution in [0.25, 0.3) is 10.9 Å². The van der Waals surface area contributed by atoms with Gasteiger partial charge in [-0.1, -0.05) is 69.3 Å². The number of aromatic nitrogens is 1. The molecule has 47 heavy (non-hydrogen) atoms. The minimum atomic E-state index is -1.35. The molecule has 250 valence electrons. The van der Waals surface area contributed by atoms with Crippen LogP contribution in [-0.4, -0.2) is 75.0 Å². The Balaban J connectivity index is 1.27. The van der Waals surface area contributed by atoms with Crippen LogP contribution in [0.4, 0.5) is 4.79 Å². The van der Waals surface area contributed by atoms with Crippen molar-refractivity contribution in [2.45, 2.75) is 83.9 Å². The van der Waals surface area contributed by atoms with Gasteiger partial charge in [-0.3, -0.25) is 14.4 Å². The van der Waals surface area contributed by atoms with Gasteiger partial charge in [-0.15, -0.1) is 0 Å². The summed E-state index contributed by atoms with van der Waals surface area (Å²) in [7, 11) is 0. The summed E-state index contributed by atoms with van der Waals surface area (Å²) in [5.74, 6) is -1.07. The molecule has 3 aliphatic rings. The van der Waals surface area contributed by atoms with Gasteiger partial charge >= 0.3 is 12.1 Å². The lowest BCUT2D eigenvalue weighted by Crippen LogP contribution is -2.63. The summed E-state index contributed by atoms with van der Waals surface area (Å²) in [5, 5.41) is 13.2. The quantitative estimate of drug-likeness (QED) is 0.275. The Morgan fingerprint density at radius 2 is 1.74 bits per heavy atom. The largest absolute Gasteiger partial charge is 0.481 e. The van der Waals surface area contributed by atoms with E-state index in [-0.39, 0.29) is 67.6 Å². The summed E-state index contributed by atoms with van der Waals surface area (Å²) in [6.07, 6.45) is 3.87. The Hall–Kier alpha value is -4.34. The lowest BCUT2D eigenvalue weighted by Gasteiger charge is -2.44. The molecule has 1 aliphatic heterocycles. The number of carbonyl (C=O) groups excluding carboxylic acids is 3. The number of aromatic amines is 1. The van der Waals surface area contributed by atoms with Crippen LogP contribution in [0.1, 0.15) is 77.0 Å². The molecule has 2 aliphatic carbocycles. The number of rotatable bonds is 9. The van der Waals surface area contributed by atoms with Crippen LogP contribution in [0, 0.1) is 16.7 Å². The number of piperazine rings is 1. The number of nitrogens with zero attached hydrogens (tertiary/aromatic N) is 2. The fraction of sp³-hybridized carbons (Fsp3) is 0.514. The van der Waals surface area contributed by atoms with Gasteiger partial charge in [-0.2, -0.15) is 0 Å². The maximum atomic E-state index is 14.7. The van der Waals surface area contributed by atoms with Crippen LogP contribution in [-0.2, 0) is 25.5 Å². The number of fused-ring (bicyclic) bond motifs is 3. The van der Waals surface area contributed by atoms with Gasteiger partial charge in [0.05, 0.1) is 12.5 Å². The van der Waals surface area contributed by atoms with E-state index in [9.17, 15) is 24.3 Å². The molecule has 0 radical (unpaired) electrons. The first kappa shape index (κ1) is 32.6. The Kier molecular flexibility index (Phi) is 8.57. The van der Waals surface area contributed by atoms with E-state index in [2.05, 4.69) is 31.1 Å². The van der Waals surface area contributed by atoms with Gasteiger partial charge in [0.2, 0.25) is 11.8 Å². The summed E-state index contributed by atoms with van der Waals surface area (Å²) in [4.78, 5) is 59.6. The number of amides is 3. The number of carboxylic acids is 1. The third-order valence-electron chi connectivity index (χ3n) is 11.8. The zero-order valence-electron chi connectivity index (χ0n) is 27.8. The average molecular weight is 643 g/mol. The van der Waals surface area contributed by atoms with Crippen molar-refractivity contribution in [3.8, 4) is 0 Å². The van der Waals surface area contributed by atoms with Crippen LogP contribution in [0.5, 0.6) is 0 Å². The second kappa shape index (κ2) is 12.4. The Labute approximate surface area is 275 Å². The van der Waals surface area contributed by atoms with E-state index in [1.165, 1.54) is 0 Å². The number of hydrogen-bond acceptors (Lipinski definition) is 5. The molecular weight excluding hydrogens is 596 g/mol. The molecule has 3 amide bonds. The van der Waals surface area contributed by atoms with Gasteiger partial charge < -0.3 is 29.9 Å². The second-order valence-electron chi connectivity index (χ2n) is 14.7. The molecule has 10 heteroatoms. The summed E-state index contributed by atoms with van der Waals surface area (Å²) >= 11 is 0. The average Bonchev–Trinajstić information content (AvgIpc) is 3.61. The summed E-state index contributed by atoms with van der Waals surface area (Å²) < 4.78 is 6.18. The number of ether oxygens (including phenoxy) is 1. The molecule has 1 aromatic heterocycles. The van der Waals surface area contributed by atoms with Crippen molar-refractivity contribution in [1.29, 1.82) is 0 Å². The van der Waals surface area contributed by atoms with Crippen molar-refractivity contribution in [3.63, 3.8) is 0 Å². The van der Waals surface area contributed by atoms with Gasteiger partial charge in [0.25, 0.3) is 0 Å². The predicted molar refractivity (Wildman–Crippen MR) is 177 cm³/mol. The highest BCUT2D eigenvalue weighted by molar-refractivity contribution is 5.92. The third kappa shape index (κ3) is 5.98. The lowest BCUT2D eigenvalue weighted by atomic mass is 9.70.